The second kappa shape index (κ2) is 8.18. The predicted octanol–water partition coefficient (Wildman–Crippen LogP) is 1.70. The van der Waals surface area contributed by atoms with Crippen molar-refractivity contribution in [1.29, 1.82) is 0 Å². The van der Waals surface area contributed by atoms with Gasteiger partial charge >= 0.3 is 5.97 Å². The number of rotatable bonds is 6. The molecule has 0 spiro atoms. The molecule has 0 aliphatic heterocycles. The Morgan fingerprint density at radius 2 is 2.08 bits per heavy atom. The summed E-state index contributed by atoms with van der Waals surface area (Å²) in [7, 11) is 1.27. The van der Waals surface area contributed by atoms with Crippen LogP contribution in [0.5, 0.6) is 0 Å². The van der Waals surface area contributed by atoms with Gasteiger partial charge < -0.3 is 15.0 Å². The highest BCUT2D eigenvalue weighted by Gasteiger charge is 2.13. The Morgan fingerprint density at radius 3 is 2.88 bits per heavy atom. The van der Waals surface area contributed by atoms with Crippen LogP contribution in [0.25, 0.3) is 0 Å². The van der Waals surface area contributed by atoms with E-state index in [1.807, 2.05) is 12.1 Å². The third-order valence-corrected chi connectivity index (χ3v) is 4.92. The van der Waals surface area contributed by atoms with E-state index in [4.69, 9.17) is 0 Å². The van der Waals surface area contributed by atoms with Crippen LogP contribution < -0.4 is 10.9 Å². The molecule has 0 bridgehead atoms. The van der Waals surface area contributed by atoms with E-state index in [2.05, 4.69) is 26.1 Å². The van der Waals surface area contributed by atoms with Gasteiger partial charge in [0.05, 0.1) is 25.0 Å². The molecule has 136 valence electrons. The lowest BCUT2D eigenvalue weighted by Gasteiger charge is -2.07. The zero-order valence-electron chi connectivity index (χ0n) is 14.3. The van der Waals surface area contributed by atoms with Crippen molar-refractivity contribution in [3.8, 4) is 0 Å². The topological polar surface area (TPSA) is 101 Å². The number of methoxy groups -OCH3 is 1. The Bertz CT molecular complexity index is 894. The van der Waals surface area contributed by atoms with Gasteiger partial charge in [0.15, 0.2) is 5.16 Å². The summed E-state index contributed by atoms with van der Waals surface area (Å²) in [5.41, 5.74) is 3.35. The molecular weight excluding hydrogens is 354 g/mol. The number of aromatic amines is 1. The number of aromatic nitrogens is 2. The van der Waals surface area contributed by atoms with E-state index >= 15 is 0 Å². The van der Waals surface area contributed by atoms with Gasteiger partial charge in [0.2, 0.25) is 5.91 Å². The zero-order chi connectivity index (χ0) is 18.5. The number of thioether (sulfide) groups is 1. The third-order valence-electron chi connectivity index (χ3n) is 4.05. The lowest BCUT2D eigenvalue weighted by molar-refractivity contribution is -0.139. The van der Waals surface area contributed by atoms with Gasteiger partial charge in [-0.15, -0.1) is 0 Å². The number of hydrogen-bond acceptors (Lipinski definition) is 6. The van der Waals surface area contributed by atoms with Crippen LogP contribution in [0.4, 0.5) is 5.69 Å². The zero-order valence-corrected chi connectivity index (χ0v) is 15.1. The van der Waals surface area contributed by atoms with E-state index in [0.717, 1.165) is 36.7 Å². The number of benzene rings is 1. The number of carbonyl (C=O) groups is 2. The highest BCUT2D eigenvalue weighted by Crippen LogP contribution is 2.25. The summed E-state index contributed by atoms with van der Waals surface area (Å²) >= 11 is 1.11. The Labute approximate surface area is 154 Å². The Kier molecular flexibility index (Phi) is 5.72. The minimum Gasteiger partial charge on any atom is -0.469 e. The maximum atomic E-state index is 12.2. The Morgan fingerprint density at radius 1 is 1.27 bits per heavy atom. The standard InChI is InChI=1S/C18H19N3O4S/c1-25-17(24)9-14-8-15(22)21-18(20-14)26-10-16(23)19-13-6-5-11-3-2-4-12(11)7-13/h5-8H,2-4,9-10H2,1H3,(H,19,23)(H,20,21,22). The van der Waals surface area contributed by atoms with Crippen molar-refractivity contribution in [2.24, 2.45) is 0 Å². The SMILES string of the molecule is COC(=O)Cc1cc(=O)[nH]c(SCC(=O)Nc2ccc3c(c2)CCC3)n1. The van der Waals surface area contributed by atoms with Gasteiger partial charge in [0.25, 0.3) is 5.56 Å². The molecule has 0 saturated carbocycles. The molecule has 1 aliphatic carbocycles. The summed E-state index contributed by atoms with van der Waals surface area (Å²) in [5, 5.41) is 3.15. The van der Waals surface area contributed by atoms with Crippen molar-refractivity contribution in [3.63, 3.8) is 0 Å². The number of nitrogens with zero attached hydrogens (tertiary/aromatic N) is 1. The lowest BCUT2D eigenvalue weighted by atomic mass is 10.1. The molecule has 1 aliphatic rings. The second-order valence-electron chi connectivity index (χ2n) is 5.97. The van der Waals surface area contributed by atoms with E-state index < -0.39 is 5.97 Å². The summed E-state index contributed by atoms with van der Waals surface area (Å²) in [6, 6.07) is 7.22. The average Bonchev–Trinajstić information content (AvgIpc) is 3.07. The van der Waals surface area contributed by atoms with E-state index in [9.17, 15) is 14.4 Å². The molecule has 7 nitrogen and oxygen atoms in total. The number of ether oxygens (including phenoxy) is 1. The van der Waals surface area contributed by atoms with Crippen LogP contribution in [-0.4, -0.2) is 34.7 Å². The summed E-state index contributed by atoms with van der Waals surface area (Å²) in [5.74, 6) is -0.566. The number of H-pyrrole nitrogens is 1. The molecule has 0 radical (unpaired) electrons. The monoisotopic (exact) mass is 373 g/mol. The molecule has 1 amide bonds. The van der Waals surface area contributed by atoms with Gasteiger partial charge in [-0.05, 0) is 42.5 Å². The van der Waals surface area contributed by atoms with E-state index in [1.165, 1.54) is 24.3 Å². The van der Waals surface area contributed by atoms with Gasteiger partial charge in [-0.2, -0.15) is 0 Å². The van der Waals surface area contributed by atoms with Gasteiger partial charge in [0.1, 0.15) is 0 Å². The van der Waals surface area contributed by atoms with Gasteiger partial charge in [-0.25, -0.2) is 4.98 Å². The van der Waals surface area contributed by atoms with Crippen LogP contribution in [0.15, 0.2) is 34.2 Å². The van der Waals surface area contributed by atoms with Gasteiger partial charge in [-0.3, -0.25) is 14.4 Å². The number of carbonyl (C=O) groups excluding carboxylic acids is 2. The molecule has 8 heteroatoms. The molecule has 3 rings (SSSR count). The molecule has 1 aromatic heterocycles. The number of hydrogen-bond donors (Lipinski definition) is 2. The first-order valence-corrected chi connectivity index (χ1v) is 9.23. The van der Waals surface area contributed by atoms with Crippen molar-refractivity contribution in [3.05, 3.63) is 51.4 Å². The third kappa shape index (κ3) is 4.72. The number of amides is 1. The largest absolute Gasteiger partial charge is 0.469 e. The first kappa shape index (κ1) is 18.2. The van der Waals surface area contributed by atoms with Crippen molar-refractivity contribution in [2.75, 3.05) is 18.2 Å². The molecule has 0 fully saturated rings. The Hall–Kier alpha value is -2.61. The van der Waals surface area contributed by atoms with E-state index in [0.29, 0.717) is 10.9 Å². The maximum Gasteiger partial charge on any atom is 0.311 e. The molecule has 1 heterocycles. The van der Waals surface area contributed by atoms with Crippen LogP contribution in [-0.2, 0) is 33.6 Å². The highest BCUT2D eigenvalue weighted by molar-refractivity contribution is 7.99. The molecule has 1 aromatic carbocycles. The van der Waals surface area contributed by atoms with Crippen molar-refractivity contribution < 1.29 is 14.3 Å². The average molecular weight is 373 g/mol. The van der Waals surface area contributed by atoms with Crippen molar-refractivity contribution in [1.82, 2.24) is 9.97 Å². The number of fused-ring (bicyclic) bond motifs is 1. The summed E-state index contributed by atoms with van der Waals surface area (Å²) in [6.45, 7) is 0. The summed E-state index contributed by atoms with van der Waals surface area (Å²) < 4.78 is 4.57. The fraction of sp³-hybridized carbons (Fsp3) is 0.333. The molecular formula is C18H19N3O4S. The first-order chi connectivity index (χ1) is 12.5. The molecule has 0 saturated heterocycles. The molecule has 0 unspecified atom stereocenters. The molecule has 0 atom stereocenters. The maximum absolute atomic E-state index is 12.2. The number of nitrogens with one attached hydrogen (secondary N) is 2. The molecule has 2 N–H and O–H groups in total. The molecule has 26 heavy (non-hydrogen) atoms. The van der Waals surface area contributed by atoms with Crippen LogP contribution >= 0.6 is 11.8 Å². The number of anilines is 1. The Balaban J connectivity index is 1.59. The van der Waals surface area contributed by atoms with Crippen LogP contribution in [0.3, 0.4) is 0 Å². The number of esters is 1. The van der Waals surface area contributed by atoms with Crippen LogP contribution in [0.2, 0.25) is 0 Å². The second-order valence-corrected chi connectivity index (χ2v) is 6.93. The quantitative estimate of drug-likeness (QED) is 0.454. The van der Waals surface area contributed by atoms with Crippen molar-refractivity contribution in [2.45, 2.75) is 30.8 Å². The first-order valence-electron chi connectivity index (χ1n) is 8.25. The highest BCUT2D eigenvalue weighted by atomic mass is 32.2. The van der Waals surface area contributed by atoms with Gasteiger partial charge in [0, 0.05) is 11.8 Å². The van der Waals surface area contributed by atoms with E-state index in [-0.39, 0.29) is 23.6 Å². The normalized spacial score (nSPS) is 12.5. The fourth-order valence-corrected chi connectivity index (χ4v) is 3.54. The van der Waals surface area contributed by atoms with E-state index in [1.54, 1.807) is 0 Å². The summed E-state index contributed by atoms with van der Waals surface area (Å²) in [6.07, 6.45) is 3.21. The smallest absolute Gasteiger partial charge is 0.311 e. The minimum absolute atomic E-state index is 0.0880. The molecule has 2 aromatic rings. The number of aryl methyl sites for hydroxylation is 2. The predicted molar refractivity (Wildman–Crippen MR) is 98.4 cm³/mol. The summed E-state index contributed by atoms with van der Waals surface area (Å²) in [4.78, 5) is 41.9. The van der Waals surface area contributed by atoms with Crippen LogP contribution in [0.1, 0.15) is 23.2 Å². The van der Waals surface area contributed by atoms with Crippen LogP contribution in [0, 0.1) is 0 Å². The lowest BCUT2D eigenvalue weighted by Crippen LogP contribution is -2.17. The fourth-order valence-electron chi connectivity index (χ4n) is 2.84. The van der Waals surface area contributed by atoms with Gasteiger partial charge in [-0.1, -0.05) is 17.8 Å². The van der Waals surface area contributed by atoms with Crippen molar-refractivity contribution >= 4 is 29.3 Å². The minimum atomic E-state index is -0.478.